The minimum absolute atomic E-state index is 0.0562. The number of hydrogen-bond acceptors (Lipinski definition) is 9. The molecule has 0 amide bonds. The molecule has 2 aliphatic carbocycles. The number of hydrogen-bond donors (Lipinski definition) is 2. The monoisotopic (exact) mass is 698 g/mol. The average molecular weight is 699 g/mol. The maximum absolute atomic E-state index is 17.2. The van der Waals surface area contributed by atoms with Gasteiger partial charge in [0.15, 0.2) is 23.8 Å². The van der Waals surface area contributed by atoms with Gasteiger partial charge >= 0.3 is 19.4 Å². The molecule has 0 spiro atoms. The van der Waals surface area contributed by atoms with Crippen molar-refractivity contribution in [2.45, 2.75) is 89.6 Å². The third-order valence-electron chi connectivity index (χ3n) is 9.99. The summed E-state index contributed by atoms with van der Waals surface area (Å²) in [4.78, 5) is 39.9. The first-order valence-corrected chi connectivity index (χ1v) is 18.1. The minimum Gasteiger partial charge on any atom is -0.484 e. The molecule has 7 unspecified atom stereocenters. The van der Waals surface area contributed by atoms with E-state index in [0.717, 1.165) is 64.7 Å². The van der Waals surface area contributed by atoms with Crippen LogP contribution in [0.3, 0.4) is 0 Å². The van der Waals surface area contributed by atoms with Gasteiger partial charge in [-0.1, -0.05) is 30.7 Å². The number of aromatic amines is 1. The lowest BCUT2D eigenvalue weighted by Gasteiger charge is -2.31. The van der Waals surface area contributed by atoms with Crippen molar-refractivity contribution in [3.8, 4) is 0 Å². The maximum atomic E-state index is 17.2. The van der Waals surface area contributed by atoms with E-state index in [1.54, 1.807) is 0 Å². The third kappa shape index (κ3) is 5.88. The van der Waals surface area contributed by atoms with Gasteiger partial charge < -0.3 is 23.3 Å². The zero-order valence-electron chi connectivity index (χ0n) is 27.9. The first-order chi connectivity index (χ1) is 23.3. The van der Waals surface area contributed by atoms with E-state index in [0.29, 0.717) is 5.56 Å². The number of rotatable bonds is 5. The zero-order valence-corrected chi connectivity index (χ0v) is 28.8. The van der Waals surface area contributed by atoms with Crippen LogP contribution in [0.25, 0.3) is 22.7 Å². The van der Waals surface area contributed by atoms with Crippen molar-refractivity contribution in [1.29, 1.82) is 0 Å². The number of para-hydroxylation sites is 1. The topological polar surface area (TPSA) is 152 Å². The van der Waals surface area contributed by atoms with Gasteiger partial charge in [0.25, 0.3) is 5.56 Å². The number of aromatic nitrogens is 3. The number of nitrogens with one attached hydrogen (secondary N) is 2. The Kier molecular flexibility index (Phi) is 8.49. The Morgan fingerprint density at radius 1 is 1.20 bits per heavy atom. The molecule has 0 bridgehead atoms. The molecule has 7 rings (SSSR count). The predicted octanol–water partition coefficient (Wildman–Crippen LogP) is 5.08. The second-order valence-electron chi connectivity index (χ2n) is 13.5. The van der Waals surface area contributed by atoms with E-state index in [9.17, 15) is 18.9 Å². The Balaban J connectivity index is 1.37. The van der Waals surface area contributed by atoms with E-state index in [1.165, 1.54) is 13.8 Å². The lowest BCUT2D eigenvalue weighted by molar-refractivity contribution is -0.150. The van der Waals surface area contributed by atoms with Crippen molar-refractivity contribution in [2.24, 2.45) is 13.0 Å². The molecule has 1 aromatic carbocycles. The molecule has 13 nitrogen and oxygen atoms in total. The van der Waals surface area contributed by atoms with E-state index in [2.05, 4.69) is 10.1 Å². The summed E-state index contributed by atoms with van der Waals surface area (Å²) in [7, 11) is -2.58. The fourth-order valence-electron chi connectivity index (χ4n) is 7.16. The summed E-state index contributed by atoms with van der Waals surface area (Å²) in [5.74, 6) is -0.889. The average Bonchev–Trinajstić information content (AvgIpc) is 3.72. The second-order valence-corrected chi connectivity index (χ2v) is 15.1. The first-order valence-electron chi connectivity index (χ1n) is 16.5. The van der Waals surface area contributed by atoms with Crippen molar-refractivity contribution in [3.05, 3.63) is 80.0 Å². The van der Waals surface area contributed by atoms with Crippen molar-refractivity contribution in [2.75, 3.05) is 6.61 Å². The number of carbonyl (C=O) groups is 1. The van der Waals surface area contributed by atoms with Crippen molar-refractivity contribution >= 4 is 36.5 Å². The molecule has 2 fully saturated rings. The predicted molar refractivity (Wildman–Crippen MR) is 178 cm³/mol. The molecule has 15 heteroatoms. The Morgan fingerprint density at radius 3 is 2.67 bits per heavy atom. The van der Waals surface area contributed by atoms with Gasteiger partial charge in [-0.25, -0.2) is 13.8 Å². The lowest BCUT2D eigenvalue weighted by Crippen LogP contribution is -2.45. The SMILES string of the molecule is CC1=Cc2c(c3ccccc3n2C)C2=C(OC3C(COP(=O)(NC(C)C(=O)OC4CCCC4)O2)OC(n2ccc(=O)[nH]c2=O)C3(C)F)C1C. The van der Waals surface area contributed by atoms with Crippen molar-refractivity contribution in [3.63, 3.8) is 0 Å². The number of benzene rings is 1. The third-order valence-corrected chi connectivity index (χ3v) is 11.6. The summed E-state index contributed by atoms with van der Waals surface area (Å²) < 4.78 is 65.9. The molecule has 0 radical (unpaired) electrons. The van der Waals surface area contributed by atoms with E-state index < -0.39 is 67.6 Å². The maximum Gasteiger partial charge on any atom is 0.459 e. The van der Waals surface area contributed by atoms with Crippen LogP contribution in [0.15, 0.2) is 57.5 Å². The van der Waals surface area contributed by atoms with Crippen LogP contribution in [0, 0.1) is 5.92 Å². The van der Waals surface area contributed by atoms with Gasteiger partial charge in [-0.05, 0) is 58.6 Å². The van der Waals surface area contributed by atoms with Gasteiger partial charge in [-0.15, -0.1) is 0 Å². The Morgan fingerprint density at radius 2 is 1.94 bits per heavy atom. The van der Waals surface area contributed by atoms with Crippen LogP contribution in [0.1, 0.15) is 70.9 Å². The molecule has 1 saturated carbocycles. The summed E-state index contributed by atoms with van der Waals surface area (Å²) in [5.41, 5.74) is -0.911. The summed E-state index contributed by atoms with van der Waals surface area (Å²) in [5, 5.41) is 3.53. The van der Waals surface area contributed by atoms with Gasteiger partial charge in [-0.3, -0.25) is 23.7 Å². The smallest absolute Gasteiger partial charge is 0.459 e. The van der Waals surface area contributed by atoms with Crippen molar-refractivity contribution in [1.82, 2.24) is 19.2 Å². The molecular formula is C34H40FN4O9P. The molecule has 1 saturated heterocycles. The summed E-state index contributed by atoms with van der Waals surface area (Å²) >= 11 is 0. The number of aryl methyl sites for hydroxylation is 1. The number of alkyl halides is 1. The van der Waals surface area contributed by atoms with Gasteiger partial charge in [0.1, 0.15) is 24.0 Å². The summed E-state index contributed by atoms with van der Waals surface area (Å²) in [6.45, 7) is 6.03. The summed E-state index contributed by atoms with van der Waals surface area (Å²) in [6, 6.07) is 7.59. The Bertz CT molecular complexity index is 2040. The van der Waals surface area contributed by atoms with Crippen LogP contribution >= 0.6 is 7.75 Å². The normalized spacial score (nSPS) is 30.9. The van der Waals surface area contributed by atoms with Crippen LogP contribution in [-0.2, 0) is 39.7 Å². The van der Waals surface area contributed by atoms with Gasteiger partial charge in [-0.2, -0.15) is 5.09 Å². The standard InChI is InChI=1S/C34H40FN4O9P/c1-18-16-24-27(22-12-8-9-13-23(22)38(24)5)29-28(19(18)2)47-30-25(46-32(34(30,4)35)39-15-14-26(40)36-33(39)42)17-44-49(43,48-29)37-20(3)31(41)45-21-10-6-7-11-21/h8-9,12-16,19-21,25,30,32H,6-7,10-11,17H2,1-5H3,(H,37,43)(H,36,40,42). The number of allylic oxidation sites excluding steroid dienone is 1. The number of carbonyl (C=O) groups excluding carboxylic acids is 1. The molecule has 262 valence electrons. The molecular weight excluding hydrogens is 658 g/mol. The number of esters is 1. The highest BCUT2D eigenvalue weighted by molar-refractivity contribution is 7.52. The van der Waals surface area contributed by atoms with Gasteiger partial charge in [0, 0.05) is 36.1 Å². The zero-order chi connectivity index (χ0) is 34.8. The minimum atomic E-state index is -4.48. The number of fused-ring (bicyclic) bond motifs is 5. The van der Waals surface area contributed by atoms with E-state index in [4.69, 9.17) is 23.3 Å². The molecule has 2 N–H and O–H groups in total. The van der Waals surface area contributed by atoms with Crippen LogP contribution < -0.4 is 16.3 Å². The quantitative estimate of drug-likeness (QED) is 0.273. The Hall–Kier alpha value is -3.97. The fraction of sp³-hybridized carbons (Fsp3) is 0.500. The number of ether oxygens (including phenoxy) is 3. The molecule has 7 atom stereocenters. The van der Waals surface area contributed by atoms with E-state index in [1.807, 2.05) is 55.8 Å². The highest BCUT2D eigenvalue weighted by Gasteiger charge is 2.59. The number of halogens is 1. The largest absolute Gasteiger partial charge is 0.484 e. The van der Waals surface area contributed by atoms with Gasteiger partial charge in [0.2, 0.25) is 0 Å². The second kappa shape index (κ2) is 12.4. The van der Waals surface area contributed by atoms with Crippen LogP contribution in [0.2, 0.25) is 0 Å². The van der Waals surface area contributed by atoms with Crippen LogP contribution in [-0.4, -0.2) is 56.7 Å². The molecule has 4 heterocycles. The van der Waals surface area contributed by atoms with Gasteiger partial charge in [0.05, 0.1) is 17.9 Å². The van der Waals surface area contributed by atoms with E-state index in [-0.39, 0.29) is 17.6 Å². The molecule has 4 aliphatic rings. The summed E-state index contributed by atoms with van der Waals surface area (Å²) in [6.07, 6.45) is 2.19. The molecule has 2 aromatic heterocycles. The molecule has 3 aromatic rings. The molecule has 2 aliphatic heterocycles. The van der Waals surface area contributed by atoms with Crippen LogP contribution in [0.5, 0.6) is 0 Å². The van der Waals surface area contributed by atoms with E-state index >= 15 is 4.39 Å². The number of nitrogens with zero attached hydrogens (tertiary/aromatic N) is 2. The number of H-pyrrole nitrogens is 1. The first kappa shape index (κ1) is 33.5. The van der Waals surface area contributed by atoms with Crippen LogP contribution in [0.4, 0.5) is 4.39 Å². The molecule has 49 heavy (non-hydrogen) atoms. The highest BCUT2D eigenvalue weighted by atomic mass is 31.2. The highest BCUT2D eigenvalue weighted by Crippen LogP contribution is 2.56. The lowest BCUT2D eigenvalue weighted by atomic mass is 9.96. The fourth-order valence-corrected chi connectivity index (χ4v) is 8.68. The Labute approximate surface area is 281 Å². The van der Waals surface area contributed by atoms with Crippen molar-refractivity contribution < 1.29 is 37.0 Å².